The second-order valence-corrected chi connectivity index (χ2v) is 15.6. The third-order valence-corrected chi connectivity index (χ3v) is 11.6. The van der Waals surface area contributed by atoms with Gasteiger partial charge in [0, 0.05) is 18.2 Å². The lowest BCUT2D eigenvalue weighted by atomic mass is 9.84. The van der Waals surface area contributed by atoms with E-state index in [0.29, 0.717) is 29.7 Å². The summed E-state index contributed by atoms with van der Waals surface area (Å²) in [7, 11) is -1.97. The fraction of sp³-hybridized carbons (Fsp3) is 0.682. The van der Waals surface area contributed by atoms with Gasteiger partial charge in [-0.15, -0.1) is 0 Å². The highest BCUT2D eigenvalue weighted by atomic mass is 28.4. The van der Waals surface area contributed by atoms with Crippen LogP contribution in [0, 0.1) is 0 Å². The van der Waals surface area contributed by atoms with Crippen LogP contribution in [0.25, 0.3) is 11.0 Å². The first-order valence-electron chi connectivity index (χ1n) is 10.9. The van der Waals surface area contributed by atoms with Crippen molar-refractivity contribution in [2.45, 2.75) is 89.4 Å². The Morgan fingerprint density at radius 1 is 1.23 bits per heavy atom. The molecule has 0 aliphatic carbocycles. The number of benzene rings is 1. The Morgan fingerprint density at radius 2 is 1.87 bits per heavy atom. The molecule has 3 heterocycles. The monoisotopic (exact) mass is 447 g/mol. The van der Waals surface area contributed by atoms with Crippen LogP contribution in [-0.4, -0.2) is 58.9 Å². The smallest absolute Gasteiger partial charge is 0.225 e. The van der Waals surface area contributed by atoms with E-state index in [9.17, 15) is 9.90 Å². The number of aliphatic hydroxyl groups excluding tert-OH is 1. The summed E-state index contributed by atoms with van der Waals surface area (Å²) in [6, 6.07) is 3.04. The van der Waals surface area contributed by atoms with Gasteiger partial charge in [-0.25, -0.2) is 4.63 Å². The van der Waals surface area contributed by atoms with Crippen LogP contribution in [0.3, 0.4) is 0 Å². The largest absolute Gasteiger partial charge is 0.485 e. The van der Waals surface area contributed by atoms with Crippen molar-refractivity contribution in [1.29, 1.82) is 0 Å². The average Bonchev–Trinajstić information content (AvgIpc) is 3.08. The summed E-state index contributed by atoms with van der Waals surface area (Å²) in [5.41, 5.74) is 1.02. The predicted octanol–water partition coefficient (Wildman–Crippen LogP) is 3.81. The number of hydrogen-bond donors (Lipinski definition) is 1. The van der Waals surface area contributed by atoms with E-state index < -0.39 is 26.1 Å². The Labute approximate surface area is 184 Å². The molecule has 0 saturated carbocycles. The number of carbonyl (C=O) groups is 1. The fourth-order valence-electron chi connectivity index (χ4n) is 4.19. The van der Waals surface area contributed by atoms with Crippen molar-refractivity contribution < 1.29 is 23.7 Å². The molecule has 3 atom stereocenters. The number of aliphatic hydroxyl groups is 1. The molecule has 9 heteroatoms. The number of ether oxygens (including phenoxy) is 1. The maximum absolute atomic E-state index is 13.3. The second kappa shape index (κ2) is 7.28. The number of aromatic nitrogens is 2. The minimum Gasteiger partial charge on any atom is -0.485 e. The van der Waals surface area contributed by atoms with E-state index in [0.717, 1.165) is 12.0 Å². The molecule has 170 valence electrons. The molecule has 0 spiro atoms. The molecule has 0 radical (unpaired) electrons. The summed E-state index contributed by atoms with van der Waals surface area (Å²) >= 11 is 0. The van der Waals surface area contributed by atoms with Crippen molar-refractivity contribution in [2.75, 3.05) is 6.54 Å². The van der Waals surface area contributed by atoms with E-state index in [4.69, 9.17) is 13.8 Å². The van der Waals surface area contributed by atoms with Crippen LogP contribution < -0.4 is 4.74 Å². The van der Waals surface area contributed by atoms with E-state index in [1.54, 1.807) is 17.0 Å². The van der Waals surface area contributed by atoms with Crippen molar-refractivity contribution in [1.82, 2.24) is 15.2 Å². The molecule has 1 aromatic heterocycles. The quantitative estimate of drug-likeness (QED) is 0.715. The Morgan fingerprint density at radius 3 is 2.48 bits per heavy atom. The van der Waals surface area contributed by atoms with Crippen molar-refractivity contribution in [3.63, 3.8) is 0 Å². The van der Waals surface area contributed by atoms with Gasteiger partial charge in [-0.05, 0) is 54.8 Å². The highest BCUT2D eigenvalue weighted by Crippen LogP contribution is 2.45. The van der Waals surface area contributed by atoms with Gasteiger partial charge in [0.1, 0.15) is 28.5 Å². The minimum absolute atomic E-state index is 0.0129. The number of fused-ring (bicyclic) bond motifs is 2. The van der Waals surface area contributed by atoms with Crippen molar-refractivity contribution in [2.24, 2.45) is 0 Å². The van der Waals surface area contributed by atoms with Crippen LogP contribution in [0.5, 0.6) is 5.75 Å². The summed E-state index contributed by atoms with van der Waals surface area (Å²) in [5, 5.41) is 19.1. The molecular weight excluding hydrogens is 414 g/mol. The number of carbonyl (C=O) groups excluding carboxylic acids is 1. The zero-order chi connectivity index (χ0) is 22.8. The lowest BCUT2D eigenvalue weighted by Gasteiger charge is -2.48. The number of piperidine rings is 1. The summed E-state index contributed by atoms with van der Waals surface area (Å²) < 4.78 is 17.4. The molecular formula is C22H33N3O5Si. The summed E-state index contributed by atoms with van der Waals surface area (Å²) in [5.74, 6) is 0.581. The molecule has 31 heavy (non-hydrogen) atoms. The summed E-state index contributed by atoms with van der Waals surface area (Å²) in [6.45, 7) is 15.2. The summed E-state index contributed by atoms with van der Waals surface area (Å²) in [4.78, 5) is 15.1. The molecule has 0 bridgehead atoms. The molecule has 2 aromatic rings. The Bertz CT molecular complexity index is 997. The van der Waals surface area contributed by atoms with Gasteiger partial charge in [0.05, 0.1) is 18.6 Å². The zero-order valence-corrected chi connectivity index (χ0v) is 20.4. The van der Waals surface area contributed by atoms with Gasteiger partial charge in [0.15, 0.2) is 8.32 Å². The third kappa shape index (κ3) is 3.87. The maximum Gasteiger partial charge on any atom is 0.225 e. The minimum atomic E-state index is -1.97. The van der Waals surface area contributed by atoms with Crippen molar-refractivity contribution in [3.8, 4) is 5.75 Å². The molecule has 1 amide bonds. The van der Waals surface area contributed by atoms with Crippen molar-refractivity contribution >= 4 is 25.3 Å². The molecule has 1 saturated heterocycles. The van der Waals surface area contributed by atoms with Gasteiger partial charge in [-0.1, -0.05) is 20.8 Å². The summed E-state index contributed by atoms with van der Waals surface area (Å²) in [6.07, 6.45) is 0.0850. The molecule has 1 fully saturated rings. The van der Waals surface area contributed by atoms with Crippen LogP contribution in [0.2, 0.25) is 18.1 Å². The van der Waals surface area contributed by atoms with Crippen LogP contribution in [-0.2, 0) is 9.22 Å². The zero-order valence-electron chi connectivity index (χ0n) is 19.4. The van der Waals surface area contributed by atoms with Gasteiger partial charge in [0.2, 0.25) is 5.91 Å². The number of likely N-dealkylation sites (tertiary alicyclic amines) is 1. The van der Waals surface area contributed by atoms with E-state index in [1.165, 1.54) is 0 Å². The molecule has 2 aliphatic rings. The van der Waals surface area contributed by atoms with E-state index in [1.807, 2.05) is 13.8 Å². The second-order valence-electron chi connectivity index (χ2n) is 10.8. The SMILES string of the molecule is CC1(C)Oc2cc3nonc3cc2C(N2CCC(O[Si](C)(C)C(C)(C)C)CC2=O)C1O. The molecule has 8 nitrogen and oxygen atoms in total. The number of hydrogen-bond acceptors (Lipinski definition) is 7. The first kappa shape index (κ1) is 22.2. The molecule has 3 unspecified atom stereocenters. The van der Waals surface area contributed by atoms with Gasteiger partial charge in [-0.3, -0.25) is 4.79 Å². The lowest BCUT2D eigenvalue weighted by molar-refractivity contribution is -0.151. The van der Waals surface area contributed by atoms with Crippen LogP contribution in [0.4, 0.5) is 0 Å². The first-order chi connectivity index (χ1) is 14.3. The average molecular weight is 448 g/mol. The Kier molecular flexibility index (Phi) is 5.22. The van der Waals surface area contributed by atoms with Gasteiger partial charge < -0.3 is 19.2 Å². The number of rotatable bonds is 3. The van der Waals surface area contributed by atoms with Gasteiger partial charge in [0.25, 0.3) is 0 Å². The van der Waals surface area contributed by atoms with Crippen LogP contribution >= 0.6 is 0 Å². The molecule has 4 rings (SSSR count). The Balaban J connectivity index is 1.62. The highest BCUT2D eigenvalue weighted by Gasteiger charge is 2.49. The van der Waals surface area contributed by atoms with Crippen LogP contribution in [0.1, 0.15) is 59.1 Å². The maximum atomic E-state index is 13.3. The van der Waals surface area contributed by atoms with Crippen molar-refractivity contribution in [3.05, 3.63) is 17.7 Å². The highest BCUT2D eigenvalue weighted by molar-refractivity contribution is 6.74. The van der Waals surface area contributed by atoms with E-state index in [-0.39, 0.29) is 17.0 Å². The first-order valence-corrected chi connectivity index (χ1v) is 13.8. The molecule has 1 N–H and O–H groups in total. The fourth-order valence-corrected chi connectivity index (χ4v) is 5.58. The lowest BCUT2D eigenvalue weighted by Crippen LogP contribution is -2.57. The van der Waals surface area contributed by atoms with Crippen LogP contribution in [0.15, 0.2) is 16.8 Å². The van der Waals surface area contributed by atoms with Gasteiger partial charge >= 0.3 is 0 Å². The Hall–Kier alpha value is -1.97. The number of amides is 1. The number of nitrogens with zero attached hydrogens (tertiary/aromatic N) is 3. The third-order valence-electron chi connectivity index (χ3n) is 7.11. The topological polar surface area (TPSA) is 97.9 Å². The van der Waals surface area contributed by atoms with Gasteiger partial charge in [-0.2, -0.15) is 0 Å². The van der Waals surface area contributed by atoms with E-state index in [2.05, 4.69) is 44.2 Å². The molecule has 2 aliphatic heterocycles. The van der Waals surface area contributed by atoms with E-state index >= 15 is 0 Å². The molecule has 1 aromatic carbocycles. The predicted molar refractivity (Wildman–Crippen MR) is 118 cm³/mol. The normalized spacial score (nSPS) is 26.6. The standard InChI is InChI=1S/C22H33N3O5Si/c1-21(2,3)31(6,7)29-13-8-9-25(18(26)10-13)19-14-11-15-16(24-30-23-15)12-17(14)28-22(4,5)20(19)27/h11-13,19-20,27H,8-10H2,1-7H3.